The first-order valence-corrected chi connectivity index (χ1v) is 9.74. The van der Waals surface area contributed by atoms with Crippen LogP contribution in [0, 0.1) is 0 Å². The van der Waals surface area contributed by atoms with E-state index < -0.39 is 0 Å². The zero-order valence-electron chi connectivity index (χ0n) is 14.4. The number of hydrogen-bond acceptors (Lipinski definition) is 6. The van der Waals surface area contributed by atoms with Gasteiger partial charge in [-0.1, -0.05) is 23.9 Å². The molecule has 0 saturated heterocycles. The summed E-state index contributed by atoms with van der Waals surface area (Å²) in [6.45, 7) is 0. The van der Waals surface area contributed by atoms with E-state index in [1.165, 1.54) is 0 Å². The zero-order chi connectivity index (χ0) is 18.2. The average molecular weight is 376 g/mol. The second-order valence-electron chi connectivity index (χ2n) is 6.46. The Morgan fingerprint density at radius 1 is 1.11 bits per heavy atom. The molecule has 0 amide bonds. The third-order valence-electron chi connectivity index (χ3n) is 4.51. The van der Waals surface area contributed by atoms with Gasteiger partial charge in [0, 0.05) is 24.0 Å². The van der Waals surface area contributed by atoms with Gasteiger partial charge in [-0.25, -0.2) is 4.98 Å². The summed E-state index contributed by atoms with van der Waals surface area (Å²) in [6, 6.07) is 11.7. The van der Waals surface area contributed by atoms with Crippen LogP contribution in [-0.2, 0) is 5.75 Å². The lowest BCUT2D eigenvalue weighted by Gasteiger charge is -2.08. The SMILES string of the molecule is O=c1[nH]c(CSc2nnc(-c3ccncc3)n2C2CC2)nc2ccccc12. The van der Waals surface area contributed by atoms with Gasteiger partial charge in [-0.2, -0.15) is 0 Å². The van der Waals surface area contributed by atoms with E-state index in [4.69, 9.17) is 0 Å². The van der Waals surface area contributed by atoms with Crippen molar-refractivity contribution in [3.63, 3.8) is 0 Å². The van der Waals surface area contributed by atoms with Crippen molar-refractivity contribution in [1.29, 1.82) is 0 Å². The summed E-state index contributed by atoms with van der Waals surface area (Å²) < 4.78 is 2.19. The molecule has 1 fully saturated rings. The summed E-state index contributed by atoms with van der Waals surface area (Å²) in [5, 5.41) is 10.2. The topological polar surface area (TPSA) is 89.4 Å². The van der Waals surface area contributed by atoms with Gasteiger partial charge in [0.05, 0.1) is 16.7 Å². The quantitative estimate of drug-likeness (QED) is 0.538. The number of H-pyrrole nitrogens is 1. The number of aromatic amines is 1. The Bertz CT molecular complexity index is 1170. The summed E-state index contributed by atoms with van der Waals surface area (Å²) in [5.41, 5.74) is 1.60. The molecule has 1 aliphatic carbocycles. The Hall–Kier alpha value is -3.00. The predicted octanol–water partition coefficient (Wildman–Crippen LogP) is 3.20. The first kappa shape index (κ1) is 16.2. The maximum Gasteiger partial charge on any atom is 0.258 e. The summed E-state index contributed by atoms with van der Waals surface area (Å²) in [5.74, 6) is 2.03. The predicted molar refractivity (Wildman–Crippen MR) is 103 cm³/mol. The lowest BCUT2D eigenvalue weighted by Crippen LogP contribution is -2.11. The third kappa shape index (κ3) is 3.12. The molecule has 1 aromatic carbocycles. The molecule has 8 heteroatoms. The van der Waals surface area contributed by atoms with Crippen molar-refractivity contribution in [2.75, 3.05) is 0 Å². The Labute approximate surface area is 158 Å². The molecule has 7 nitrogen and oxygen atoms in total. The van der Waals surface area contributed by atoms with Gasteiger partial charge in [-0.05, 0) is 37.1 Å². The molecule has 4 aromatic rings. The lowest BCUT2D eigenvalue weighted by atomic mass is 10.2. The van der Waals surface area contributed by atoms with Crippen LogP contribution in [-0.4, -0.2) is 29.7 Å². The van der Waals surface area contributed by atoms with E-state index in [1.54, 1.807) is 30.2 Å². The smallest absolute Gasteiger partial charge is 0.258 e. The van der Waals surface area contributed by atoms with Crippen LogP contribution in [0.3, 0.4) is 0 Å². The molecule has 5 rings (SSSR count). The molecule has 0 spiro atoms. The zero-order valence-corrected chi connectivity index (χ0v) is 15.2. The molecule has 1 aliphatic rings. The van der Waals surface area contributed by atoms with Crippen molar-refractivity contribution in [3.8, 4) is 11.4 Å². The van der Waals surface area contributed by atoms with Crippen molar-refractivity contribution >= 4 is 22.7 Å². The molecular formula is C19H16N6OS. The van der Waals surface area contributed by atoms with Crippen LogP contribution in [0.25, 0.3) is 22.3 Å². The fraction of sp³-hybridized carbons (Fsp3) is 0.211. The Kier molecular flexibility index (Phi) is 3.97. The van der Waals surface area contributed by atoms with E-state index in [0.717, 1.165) is 29.4 Å². The largest absolute Gasteiger partial charge is 0.309 e. The molecule has 0 unspecified atom stereocenters. The third-order valence-corrected chi connectivity index (χ3v) is 5.47. The molecule has 1 saturated carbocycles. The highest BCUT2D eigenvalue weighted by molar-refractivity contribution is 7.98. The van der Waals surface area contributed by atoms with Crippen molar-refractivity contribution in [1.82, 2.24) is 29.7 Å². The van der Waals surface area contributed by atoms with Gasteiger partial charge in [0.25, 0.3) is 5.56 Å². The molecular weight excluding hydrogens is 360 g/mol. The summed E-state index contributed by atoms with van der Waals surface area (Å²) in [7, 11) is 0. The summed E-state index contributed by atoms with van der Waals surface area (Å²) in [6.07, 6.45) is 5.79. The van der Waals surface area contributed by atoms with E-state index in [-0.39, 0.29) is 5.56 Å². The number of pyridine rings is 1. The molecule has 27 heavy (non-hydrogen) atoms. The van der Waals surface area contributed by atoms with E-state index in [0.29, 0.717) is 28.5 Å². The van der Waals surface area contributed by atoms with E-state index in [2.05, 4.69) is 29.7 Å². The number of aromatic nitrogens is 6. The number of fused-ring (bicyclic) bond motifs is 1. The number of nitrogens with one attached hydrogen (secondary N) is 1. The number of rotatable bonds is 5. The number of para-hydroxylation sites is 1. The second-order valence-corrected chi connectivity index (χ2v) is 7.40. The molecule has 0 radical (unpaired) electrons. The maximum atomic E-state index is 12.2. The molecule has 1 N–H and O–H groups in total. The fourth-order valence-corrected chi connectivity index (χ4v) is 3.95. The fourth-order valence-electron chi connectivity index (χ4n) is 3.07. The van der Waals surface area contributed by atoms with Gasteiger partial charge >= 0.3 is 0 Å². The van der Waals surface area contributed by atoms with Crippen LogP contribution in [0.5, 0.6) is 0 Å². The van der Waals surface area contributed by atoms with Crippen LogP contribution < -0.4 is 5.56 Å². The highest BCUT2D eigenvalue weighted by Gasteiger charge is 2.30. The number of nitrogens with zero attached hydrogens (tertiary/aromatic N) is 5. The van der Waals surface area contributed by atoms with Crippen molar-refractivity contribution in [2.45, 2.75) is 29.8 Å². The maximum absolute atomic E-state index is 12.2. The van der Waals surface area contributed by atoms with Gasteiger partial charge in [0.1, 0.15) is 5.82 Å². The van der Waals surface area contributed by atoms with Gasteiger partial charge in [-0.3, -0.25) is 14.3 Å². The average Bonchev–Trinajstić information content (AvgIpc) is 3.46. The minimum Gasteiger partial charge on any atom is -0.309 e. The van der Waals surface area contributed by atoms with Crippen LogP contribution in [0.1, 0.15) is 24.7 Å². The number of benzene rings is 1. The normalized spacial score (nSPS) is 13.9. The molecule has 0 bridgehead atoms. The van der Waals surface area contributed by atoms with Crippen LogP contribution >= 0.6 is 11.8 Å². The first-order valence-electron chi connectivity index (χ1n) is 8.75. The standard InChI is InChI=1S/C19H16N6OS/c26-18-14-3-1-2-4-15(14)21-16(22-18)11-27-19-24-23-17(25(19)13-5-6-13)12-7-9-20-10-8-12/h1-4,7-10,13H,5-6,11H2,(H,21,22,26). The van der Waals surface area contributed by atoms with Crippen LogP contribution in [0.2, 0.25) is 0 Å². The monoisotopic (exact) mass is 376 g/mol. The van der Waals surface area contributed by atoms with Crippen molar-refractivity contribution in [2.24, 2.45) is 0 Å². The first-order chi connectivity index (χ1) is 13.3. The highest BCUT2D eigenvalue weighted by atomic mass is 32.2. The molecule has 134 valence electrons. The summed E-state index contributed by atoms with van der Waals surface area (Å²) in [4.78, 5) is 23.7. The number of thioether (sulfide) groups is 1. The van der Waals surface area contributed by atoms with Gasteiger partial charge in [0.2, 0.25) is 0 Å². The van der Waals surface area contributed by atoms with E-state index in [1.807, 2.05) is 30.3 Å². The number of hydrogen-bond donors (Lipinski definition) is 1. The molecule has 0 aliphatic heterocycles. The van der Waals surface area contributed by atoms with Crippen LogP contribution in [0.15, 0.2) is 58.7 Å². The minimum absolute atomic E-state index is 0.114. The lowest BCUT2D eigenvalue weighted by molar-refractivity contribution is 0.669. The molecule has 0 atom stereocenters. The summed E-state index contributed by atoms with van der Waals surface area (Å²) >= 11 is 1.54. The Balaban J connectivity index is 1.45. The highest BCUT2D eigenvalue weighted by Crippen LogP contribution is 2.41. The minimum atomic E-state index is -0.114. The van der Waals surface area contributed by atoms with E-state index in [9.17, 15) is 4.79 Å². The molecule has 3 heterocycles. The van der Waals surface area contributed by atoms with Gasteiger partial charge in [0.15, 0.2) is 11.0 Å². The van der Waals surface area contributed by atoms with Gasteiger partial charge in [-0.15, -0.1) is 10.2 Å². The van der Waals surface area contributed by atoms with E-state index >= 15 is 0 Å². The Morgan fingerprint density at radius 3 is 2.74 bits per heavy atom. The van der Waals surface area contributed by atoms with Crippen molar-refractivity contribution in [3.05, 3.63) is 65.0 Å². The second kappa shape index (κ2) is 6.62. The van der Waals surface area contributed by atoms with Gasteiger partial charge < -0.3 is 4.98 Å². The molecule has 3 aromatic heterocycles. The Morgan fingerprint density at radius 2 is 1.93 bits per heavy atom. The van der Waals surface area contributed by atoms with Crippen molar-refractivity contribution < 1.29 is 0 Å². The van der Waals surface area contributed by atoms with Crippen LogP contribution in [0.4, 0.5) is 0 Å².